The second-order valence-electron chi connectivity index (χ2n) is 4.47. The van der Waals surface area contributed by atoms with Gasteiger partial charge in [-0.15, -0.1) is 11.8 Å². The van der Waals surface area contributed by atoms with Crippen LogP contribution in [0.4, 0.5) is 13.2 Å². The van der Waals surface area contributed by atoms with Crippen LogP contribution < -0.4 is 0 Å². The van der Waals surface area contributed by atoms with E-state index in [0.717, 1.165) is 36.0 Å². The summed E-state index contributed by atoms with van der Waals surface area (Å²) in [5.74, 6) is 0.866. The highest BCUT2D eigenvalue weighted by Gasteiger charge is 2.29. The molecule has 1 heterocycles. The predicted octanol–water partition coefficient (Wildman–Crippen LogP) is 4.24. The molecule has 5 heteroatoms. The first-order valence-electron chi connectivity index (χ1n) is 6.08. The van der Waals surface area contributed by atoms with Crippen LogP contribution in [0.2, 0.25) is 0 Å². The van der Waals surface area contributed by atoms with Crippen LogP contribution in [0.25, 0.3) is 0 Å². The molecule has 1 aliphatic rings. The van der Waals surface area contributed by atoms with Gasteiger partial charge in [-0.05, 0) is 50.2 Å². The Bertz CT molecular complexity index is 369. The van der Waals surface area contributed by atoms with Gasteiger partial charge in [0.2, 0.25) is 0 Å². The van der Waals surface area contributed by atoms with Crippen LogP contribution in [0, 0.1) is 0 Å². The van der Waals surface area contributed by atoms with Crippen molar-refractivity contribution in [2.75, 3.05) is 19.0 Å². The van der Waals surface area contributed by atoms with Crippen LogP contribution in [0.3, 0.4) is 0 Å². The molecule has 0 aliphatic carbocycles. The third-order valence-corrected chi connectivity index (χ3v) is 4.14. The van der Waals surface area contributed by atoms with Crippen LogP contribution in [-0.2, 0) is 6.18 Å². The monoisotopic (exact) mass is 275 g/mol. The number of thioether (sulfide) groups is 1. The maximum Gasteiger partial charge on any atom is 0.416 e. The summed E-state index contributed by atoms with van der Waals surface area (Å²) in [5.41, 5.74) is -0.579. The smallest absolute Gasteiger partial charge is 0.294 e. The minimum atomic E-state index is -4.24. The van der Waals surface area contributed by atoms with Crippen molar-refractivity contribution < 1.29 is 13.2 Å². The van der Waals surface area contributed by atoms with Crippen molar-refractivity contribution in [3.05, 3.63) is 29.8 Å². The first kappa shape index (κ1) is 13.7. The molecule has 0 bridgehead atoms. The van der Waals surface area contributed by atoms with Gasteiger partial charge in [0.25, 0.3) is 0 Å². The second-order valence-corrected chi connectivity index (χ2v) is 5.49. The zero-order chi connectivity index (χ0) is 13.0. The number of rotatable bonds is 3. The Balaban J connectivity index is 1.86. The third kappa shape index (κ3) is 3.92. The third-order valence-electron chi connectivity index (χ3n) is 3.04. The molecule has 0 atom stereocenters. The maximum atomic E-state index is 12.4. The number of hydrogen-bond donors (Lipinski definition) is 0. The van der Waals surface area contributed by atoms with Crippen molar-refractivity contribution in [3.8, 4) is 0 Å². The first-order chi connectivity index (χ1) is 8.55. The Morgan fingerprint density at radius 1 is 1.00 bits per heavy atom. The molecule has 1 aromatic carbocycles. The van der Waals surface area contributed by atoms with E-state index < -0.39 is 11.7 Å². The molecule has 0 unspecified atom stereocenters. The number of likely N-dealkylation sites (tertiary alicyclic amines) is 1. The molecule has 1 aromatic rings. The van der Waals surface area contributed by atoms with Gasteiger partial charge in [-0.25, -0.2) is 0 Å². The molecule has 1 aliphatic heterocycles. The molecule has 1 fully saturated rings. The topological polar surface area (TPSA) is 3.24 Å². The Morgan fingerprint density at radius 3 is 2.17 bits per heavy atom. The van der Waals surface area contributed by atoms with Crippen LogP contribution in [-0.4, -0.2) is 23.9 Å². The molecule has 2 rings (SSSR count). The van der Waals surface area contributed by atoms with Crippen LogP contribution in [0.5, 0.6) is 0 Å². The van der Waals surface area contributed by atoms with Gasteiger partial charge >= 0.3 is 6.18 Å². The van der Waals surface area contributed by atoms with Crippen molar-refractivity contribution in [2.24, 2.45) is 0 Å². The minimum Gasteiger partial charge on any atom is -0.294 e. The summed E-state index contributed by atoms with van der Waals surface area (Å²) < 4.78 is 37.1. The molecule has 1 saturated heterocycles. The lowest BCUT2D eigenvalue weighted by Gasteiger charge is -2.25. The lowest BCUT2D eigenvalue weighted by Crippen LogP contribution is -2.29. The van der Waals surface area contributed by atoms with Gasteiger partial charge in [0.05, 0.1) is 5.56 Å². The van der Waals surface area contributed by atoms with E-state index in [1.54, 1.807) is 23.9 Å². The summed E-state index contributed by atoms with van der Waals surface area (Å²) in [7, 11) is 0. The highest BCUT2D eigenvalue weighted by Crippen LogP contribution is 2.31. The predicted molar refractivity (Wildman–Crippen MR) is 67.6 cm³/mol. The van der Waals surface area contributed by atoms with E-state index in [2.05, 4.69) is 4.90 Å². The quantitative estimate of drug-likeness (QED) is 0.759. The zero-order valence-corrected chi connectivity index (χ0v) is 10.9. The van der Waals surface area contributed by atoms with Gasteiger partial charge in [-0.1, -0.05) is 6.42 Å². The van der Waals surface area contributed by atoms with E-state index in [1.165, 1.54) is 19.3 Å². The fourth-order valence-electron chi connectivity index (χ4n) is 1.99. The van der Waals surface area contributed by atoms with Gasteiger partial charge in [0.15, 0.2) is 0 Å². The van der Waals surface area contributed by atoms with Gasteiger partial charge in [-0.3, -0.25) is 4.90 Å². The molecular weight excluding hydrogens is 259 g/mol. The van der Waals surface area contributed by atoms with E-state index in [-0.39, 0.29) is 0 Å². The summed E-state index contributed by atoms with van der Waals surface area (Å²) in [6.07, 6.45) is -0.487. The normalized spacial score (nSPS) is 17.9. The van der Waals surface area contributed by atoms with Gasteiger partial charge in [0, 0.05) is 10.8 Å². The van der Waals surface area contributed by atoms with Crippen molar-refractivity contribution >= 4 is 11.8 Å². The van der Waals surface area contributed by atoms with Crippen molar-refractivity contribution in [1.29, 1.82) is 0 Å². The van der Waals surface area contributed by atoms with Gasteiger partial charge in [-0.2, -0.15) is 13.2 Å². The second kappa shape index (κ2) is 5.97. The van der Waals surface area contributed by atoms with Gasteiger partial charge < -0.3 is 0 Å². The van der Waals surface area contributed by atoms with E-state index in [1.807, 2.05) is 0 Å². The standard InChI is InChI=1S/C13H16F3NS/c14-13(15,16)11-4-6-12(7-5-11)18-10-17-8-2-1-3-9-17/h4-7H,1-3,8-10H2. The molecule has 0 aromatic heterocycles. The van der Waals surface area contributed by atoms with Crippen molar-refractivity contribution in [2.45, 2.75) is 30.3 Å². The fourth-order valence-corrected chi connectivity index (χ4v) is 2.91. The lowest BCUT2D eigenvalue weighted by atomic mass is 10.1. The Hall–Kier alpha value is -0.680. The number of nitrogens with zero attached hydrogens (tertiary/aromatic N) is 1. The molecule has 0 amide bonds. The lowest BCUT2D eigenvalue weighted by molar-refractivity contribution is -0.137. The van der Waals surface area contributed by atoms with Crippen LogP contribution in [0.1, 0.15) is 24.8 Å². The van der Waals surface area contributed by atoms with Crippen LogP contribution >= 0.6 is 11.8 Å². The number of alkyl halides is 3. The molecular formula is C13H16F3NS. The molecule has 1 nitrogen and oxygen atoms in total. The van der Waals surface area contributed by atoms with Gasteiger partial charge in [0.1, 0.15) is 0 Å². The summed E-state index contributed by atoms with van der Waals surface area (Å²) in [4.78, 5) is 3.25. The largest absolute Gasteiger partial charge is 0.416 e. The summed E-state index contributed by atoms with van der Waals surface area (Å²) in [5, 5.41) is 0. The first-order valence-corrected chi connectivity index (χ1v) is 7.07. The van der Waals surface area contributed by atoms with Crippen molar-refractivity contribution in [1.82, 2.24) is 4.90 Å². The van der Waals surface area contributed by atoms with Crippen LogP contribution in [0.15, 0.2) is 29.2 Å². The highest BCUT2D eigenvalue weighted by atomic mass is 32.2. The maximum absolute atomic E-state index is 12.4. The average Bonchev–Trinajstić information content (AvgIpc) is 2.37. The average molecular weight is 275 g/mol. The number of piperidine rings is 1. The Labute approximate surface area is 109 Å². The van der Waals surface area contributed by atoms with E-state index >= 15 is 0 Å². The summed E-state index contributed by atoms with van der Waals surface area (Å²) >= 11 is 1.60. The Morgan fingerprint density at radius 2 is 1.61 bits per heavy atom. The molecule has 0 saturated carbocycles. The summed E-state index contributed by atoms with van der Waals surface area (Å²) in [6, 6.07) is 5.41. The molecule has 0 radical (unpaired) electrons. The molecule has 18 heavy (non-hydrogen) atoms. The molecule has 0 N–H and O–H groups in total. The molecule has 0 spiro atoms. The van der Waals surface area contributed by atoms with E-state index in [0.29, 0.717) is 0 Å². The highest BCUT2D eigenvalue weighted by molar-refractivity contribution is 7.99. The SMILES string of the molecule is FC(F)(F)c1ccc(SCN2CCCCC2)cc1. The van der Waals surface area contributed by atoms with Crippen molar-refractivity contribution in [3.63, 3.8) is 0 Å². The number of hydrogen-bond acceptors (Lipinski definition) is 2. The fraction of sp³-hybridized carbons (Fsp3) is 0.538. The summed E-state index contributed by atoms with van der Waals surface area (Å²) in [6.45, 7) is 2.21. The number of halogens is 3. The Kier molecular flexibility index (Phi) is 4.56. The van der Waals surface area contributed by atoms with E-state index in [4.69, 9.17) is 0 Å². The zero-order valence-electron chi connectivity index (χ0n) is 10.0. The number of benzene rings is 1. The minimum absolute atomic E-state index is 0.579. The van der Waals surface area contributed by atoms with E-state index in [9.17, 15) is 13.2 Å². The molecule has 100 valence electrons.